The highest BCUT2D eigenvalue weighted by Crippen LogP contribution is 2.21. The standard InChI is InChI=1S/C15H20N4O4S/c1-10-12(15(23-3)19(2)17-10)9-16-14(20)11-7-5-6-8-13(11)18-24(4,21)22/h5-8,18H,9H2,1-4H3,(H,16,20). The van der Waals surface area contributed by atoms with E-state index in [4.69, 9.17) is 4.74 Å². The number of anilines is 1. The SMILES string of the molecule is COc1c(CNC(=O)c2ccccc2NS(C)(=O)=O)c(C)nn1C. The van der Waals surface area contributed by atoms with Gasteiger partial charge in [0.25, 0.3) is 5.91 Å². The number of aryl methyl sites for hydroxylation is 2. The summed E-state index contributed by atoms with van der Waals surface area (Å²) in [6.07, 6.45) is 1.03. The van der Waals surface area contributed by atoms with Crippen molar-refractivity contribution in [1.29, 1.82) is 0 Å². The van der Waals surface area contributed by atoms with E-state index in [9.17, 15) is 13.2 Å². The maximum atomic E-state index is 12.4. The van der Waals surface area contributed by atoms with E-state index in [1.54, 1.807) is 29.9 Å². The molecule has 9 heteroatoms. The predicted octanol–water partition coefficient (Wildman–Crippen LogP) is 1.04. The molecule has 0 saturated carbocycles. The minimum Gasteiger partial charge on any atom is -0.481 e. The number of aromatic nitrogens is 2. The van der Waals surface area contributed by atoms with Gasteiger partial charge in [0.15, 0.2) is 0 Å². The van der Waals surface area contributed by atoms with Gasteiger partial charge in [0.2, 0.25) is 15.9 Å². The molecule has 1 aromatic heterocycles. The molecule has 0 radical (unpaired) electrons. The summed E-state index contributed by atoms with van der Waals surface area (Å²) in [6.45, 7) is 2.04. The molecule has 1 aromatic carbocycles. The van der Waals surface area contributed by atoms with Crippen LogP contribution < -0.4 is 14.8 Å². The zero-order chi connectivity index (χ0) is 17.9. The largest absolute Gasteiger partial charge is 0.481 e. The Hall–Kier alpha value is -2.55. The quantitative estimate of drug-likeness (QED) is 0.809. The first kappa shape index (κ1) is 17.8. The summed E-state index contributed by atoms with van der Waals surface area (Å²) in [4.78, 5) is 12.4. The van der Waals surface area contributed by atoms with Gasteiger partial charge in [0.05, 0.1) is 42.4 Å². The van der Waals surface area contributed by atoms with E-state index >= 15 is 0 Å². The third kappa shape index (κ3) is 4.05. The van der Waals surface area contributed by atoms with Crippen molar-refractivity contribution in [3.8, 4) is 5.88 Å². The molecule has 0 bridgehead atoms. The second-order valence-electron chi connectivity index (χ2n) is 5.30. The van der Waals surface area contributed by atoms with Gasteiger partial charge in [-0.25, -0.2) is 13.1 Å². The van der Waals surface area contributed by atoms with Crippen LogP contribution in [0.4, 0.5) is 5.69 Å². The molecule has 8 nitrogen and oxygen atoms in total. The number of nitrogens with one attached hydrogen (secondary N) is 2. The van der Waals surface area contributed by atoms with E-state index in [1.807, 2.05) is 6.92 Å². The second-order valence-corrected chi connectivity index (χ2v) is 7.05. The predicted molar refractivity (Wildman–Crippen MR) is 90.6 cm³/mol. The van der Waals surface area contributed by atoms with Gasteiger partial charge in [-0.3, -0.25) is 9.52 Å². The van der Waals surface area contributed by atoms with Crippen molar-refractivity contribution in [2.75, 3.05) is 18.1 Å². The fourth-order valence-electron chi connectivity index (χ4n) is 2.37. The van der Waals surface area contributed by atoms with Crippen molar-refractivity contribution >= 4 is 21.6 Å². The third-order valence-electron chi connectivity index (χ3n) is 3.37. The molecule has 0 fully saturated rings. The molecule has 0 atom stereocenters. The summed E-state index contributed by atoms with van der Waals surface area (Å²) < 4.78 is 32.0. The number of nitrogens with zero attached hydrogens (tertiary/aromatic N) is 2. The zero-order valence-corrected chi connectivity index (χ0v) is 14.8. The molecular weight excluding hydrogens is 332 g/mol. The third-order valence-corrected chi connectivity index (χ3v) is 3.97. The average Bonchev–Trinajstić information content (AvgIpc) is 2.76. The van der Waals surface area contributed by atoms with Crippen molar-refractivity contribution in [3.05, 3.63) is 41.1 Å². The Balaban J connectivity index is 2.20. The number of amides is 1. The first-order valence-corrected chi connectivity index (χ1v) is 9.03. The number of para-hydroxylation sites is 1. The van der Waals surface area contributed by atoms with Crippen molar-refractivity contribution in [2.45, 2.75) is 13.5 Å². The average molecular weight is 352 g/mol. The Labute approximate surface area is 140 Å². The number of hydrogen-bond donors (Lipinski definition) is 2. The maximum absolute atomic E-state index is 12.4. The normalized spacial score (nSPS) is 11.2. The number of methoxy groups -OCH3 is 1. The number of carbonyl (C=O) groups excluding carboxylic acids is 1. The fourth-order valence-corrected chi connectivity index (χ4v) is 2.95. The molecule has 130 valence electrons. The van der Waals surface area contributed by atoms with E-state index in [2.05, 4.69) is 15.1 Å². The number of sulfonamides is 1. The summed E-state index contributed by atoms with van der Waals surface area (Å²) in [5.41, 5.74) is 1.98. The number of benzene rings is 1. The molecule has 1 amide bonds. The number of rotatable bonds is 6. The Morgan fingerprint density at radius 1 is 1.33 bits per heavy atom. The van der Waals surface area contributed by atoms with Crippen LogP contribution in [0.5, 0.6) is 5.88 Å². The lowest BCUT2D eigenvalue weighted by molar-refractivity contribution is 0.0951. The van der Waals surface area contributed by atoms with Crippen LogP contribution in [0.15, 0.2) is 24.3 Å². The van der Waals surface area contributed by atoms with Crippen molar-refractivity contribution < 1.29 is 17.9 Å². The smallest absolute Gasteiger partial charge is 0.253 e. The van der Waals surface area contributed by atoms with Gasteiger partial charge in [-0.15, -0.1) is 0 Å². The van der Waals surface area contributed by atoms with E-state index in [0.717, 1.165) is 17.5 Å². The minimum absolute atomic E-state index is 0.217. The summed E-state index contributed by atoms with van der Waals surface area (Å²) in [7, 11) is -0.190. The molecule has 2 aromatic rings. The van der Waals surface area contributed by atoms with E-state index in [1.165, 1.54) is 13.2 Å². The molecule has 0 aliphatic carbocycles. The van der Waals surface area contributed by atoms with Crippen molar-refractivity contribution in [3.63, 3.8) is 0 Å². The lowest BCUT2D eigenvalue weighted by Crippen LogP contribution is -2.25. The van der Waals surface area contributed by atoms with Crippen LogP contribution in [-0.2, 0) is 23.6 Å². The van der Waals surface area contributed by atoms with Crippen LogP contribution in [0.3, 0.4) is 0 Å². The highest BCUT2D eigenvalue weighted by Gasteiger charge is 2.17. The highest BCUT2D eigenvalue weighted by atomic mass is 32.2. The molecule has 2 N–H and O–H groups in total. The van der Waals surface area contributed by atoms with Gasteiger partial charge in [0.1, 0.15) is 0 Å². The number of carbonyl (C=O) groups is 1. The van der Waals surface area contributed by atoms with E-state index in [-0.39, 0.29) is 17.8 Å². The topological polar surface area (TPSA) is 102 Å². The van der Waals surface area contributed by atoms with E-state index in [0.29, 0.717) is 5.88 Å². The van der Waals surface area contributed by atoms with Gasteiger partial charge in [-0.1, -0.05) is 12.1 Å². The summed E-state index contributed by atoms with van der Waals surface area (Å²) in [6, 6.07) is 6.40. The molecule has 0 unspecified atom stereocenters. The molecule has 24 heavy (non-hydrogen) atoms. The second kappa shape index (κ2) is 6.91. The molecule has 0 saturated heterocycles. The number of ether oxygens (including phenoxy) is 1. The lowest BCUT2D eigenvalue weighted by Gasteiger charge is -2.11. The van der Waals surface area contributed by atoms with Crippen LogP contribution in [0.1, 0.15) is 21.6 Å². The van der Waals surface area contributed by atoms with E-state index < -0.39 is 15.9 Å². The van der Waals surface area contributed by atoms with Gasteiger partial charge in [-0.05, 0) is 19.1 Å². The highest BCUT2D eigenvalue weighted by molar-refractivity contribution is 7.92. The lowest BCUT2D eigenvalue weighted by atomic mass is 10.1. The minimum atomic E-state index is -3.48. The number of hydrogen-bond acceptors (Lipinski definition) is 5. The van der Waals surface area contributed by atoms with Crippen LogP contribution in [-0.4, -0.2) is 37.5 Å². The van der Waals surface area contributed by atoms with Gasteiger partial charge in [-0.2, -0.15) is 5.10 Å². The van der Waals surface area contributed by atoms with Gasteiger partial charge < -0.3 is 10.1 Å². The summed E-state index contributed by atoms with van der Waals surface area (Å²) >= 11 is 0. The Morgan fingerprint density at radius 2 is 2.00 bits per heavy atom. The van der Waals surface area contributed by atoms with Crippen LogP contribution in [0.2, 0.25) is 0 Å². The molecule has 0 aliphatic heterocycles. The van der Waals surface area contributed by atoms with Crippen molar-refractivity contribution in [1.82, 2.24) is 15.1 Å². The molecular formula is C15H20N4O4S. The summed E-state index contributed by atoms with van der Waals surface area (Å²) in [5, 5.41) is 7.01. The Morgan fingerprint density at radius 3 is 2.62 bits per heavy atom. The Bertz CT molecular complexity index is 858. The van der Waals surface area contributed by atoms with Crippen LogP contribution in [0, 0.1) is 6.92 Å². The van der Waals surface area contributed by atoms with Gasteiger partial charge >= 0.3 is 0 Å². The maximum Gasteiger partial charge on any atom is 0.253 e. The van der Waals surface area contributed by atoms with Crippen LogP contribution in [0.25, 0.3) is 0 Å². The molecule has 1 heterocycles. The fraction of sp³-hybridized carbons (Fsp3) is 0.333. The van der Waals surface area contributed by atoms with Crippen LogP contribution >= 0.6 is 0 Å². The monoisotopic (exact) mass is 352 g/mol. The van der Waals surface area contributed by atoms with Gasteiger partial charge in [0, 0.05) is 7.05 Å². The Kier molecular flexibility index (Phi) is 5.13. The first-order chi connectivity index (χ1) is 11.2. The summed E-state index contributed by atoms with van der Waals surface area (Å²) in [5.74, 6) is 0.169. The molecule has 0 spiro atoms. The molecule has 2 rings (SSSR count). The van der Waals surface area contributed by atoms with Crippen molar-refractivity contribution in [2.24, 2.45) is 7.05 Å². The zero-order valence-electron chi connectivity index (χ0n) is 14.0. The molecule has 0 aliphatic rings. The first-order valence-electron chi connectivity index (χ1n) is 7.14.